The third kappa shape index (κ3) is 4.04. The number of nitrogens with zero attached hydrogens (tertiary/aromatic N) is 1. The van der Waals surface area contributed by atoms with Gasteiger partial charge in [-0.25, -0.2) is 0 Å². The van der Waals surface area contributed by atoms with Crippen molar-refractivity contribution in [2.45, 2.75) is 26.3 Å². The molecule has 1 aromatic carbocycles. The molecule has 1 aromatic rings. The summed E-state index contributed by atoms with van der Waals surface area (Å²) in [5.74, 6) is -0.811. The first-order valence-corrected chi connectivity index (χ1v) is 6.34. The van der Waals surface area contributed by atoms with Crippen molar-refractivity contribution in [3.63, 3.8) is 0 Å². The number of carbonyl (C=O) groups is 1. The van der Waals surface area contributed by atoms with Gasteiger partial charge in [0.2, 0.25) is 0 Å². The van der Waals surface area contributed by atoms with E-state index in [-0.39, 0.29) is 0 Å². The molecule has 4 heteroatoms. The molecule has 0 radical (unpaired) electrons. The number of carboxylic acids is 1. The topological polar surface area (TPSA) is 52.6 Å². The molecule has 0 bridgehead atoms. The van der Waals surface area contributed by atoms with Crippen LogP contribution in [0.1, 0.15) is 19.4 Å². The highest BCUT2D eigenvalue weighted by molar-refractivity contribution is 5.74. The molecule has 18 heavy (non-hydrogen) atoms. The fourth-order valence-corrected chi connectivity index (χ4v) is 1.84. The Morgan fingerprint density at radius 1 is 1.33 bits per heavy atom. The van der Waals surface area contributed by atoms with Crippen LogP contribution in [0.3, 0.4) is 0 Å². The molecule has 4 nitrogen and oxygen atoms in total. The molecule has 1 atom stereocenters. The van der Waals surface area contributed by atoms with E-state index in [0.29, 0.717) is 13.1 Å². The van der Waals surface area contributed by atoms with Crippen molar-refractivity contribution < 1.29 is 9.90 Å². The third-order valence-corrected chi connectivity index (χ3v) is 2.99. The molecule has 0 spiro atoms. The molecule has 100 valence electrons. The molecule has 0 fully saturated rings. The number of anilines is 1. The Balaban J connectivity index is 2.67. The summed E-state index contributed by atoms with van der Waals surface area (Å²) in [4.78, 5) is 13.0. The van der Waals surface area contributed by atoms with Crippen LogP contribution >= 0.6 is 0 Å². The zero-order valence-electron chi connectivity index (χ0n) is 11.3. The zero-order chi connectivity index (χ0) is 13.5. The molecule has 0 amide bonds. The Hall–Kier alpha value is -1.55. The van der Waals surface area contributed by atoms with E-state index < -0.39 is 12.0 Å². The molecule has 0 saturated heterocycles. The van der Waals surface area contributed by atoms with E-state index in [1.807, 2.05) is 31.0 Å². The van der Waals surface area contributed by atoms with Gasteiger partial charge in [0.15, 0.2) is 0 Å². The van der Waals surface area contributed by atoms with Crippen LogP contribution in [0.4, 0.5) is 5.69 Å². The largest absolute Gasteiger partial charge is 0.480 e. The predicted molar refractivity (Wildman–Crippen MR) is 74.2 cm³/mol. The van der Waals surface area contributed by atoms with Crippen LogP contribution in [0.2, 0.25) is 0 Å². The molecule has 0 heterocycles. The van der Waals surface area contributed by atoms with Crippen LogP contribution in [-0.2, 0) is 11.2 Å². The average Bonchev–Trinajstić information content (AvgIpc) is 2.38. The summed E-state index contributed by atoms with van der Waals surface area (Å²) in [5, 5.41) is 12.1. The van der Waals surface area contributed by atoms with Crippen molar-refractivity contribution >= 4 is 11.7 Å². The summed E-state index contributed by atoms with van der Waals surface area (Å²) in [6, 6.07) is 7.68. The molecule has 0 aliphatic carbocycles. The second-order valence-corrected chi connectivity index (χ2v) is 4.35. The first kappa shape index (κ1) is 14.5. The second kappa shape index (κ2) is 7.01. The van der Waals surface area contributed by atoms with Gasteiger partial charge >= 0.3 is 5.97 Å². The number of hydrogen-bond donors (Lipinski definition) is 2. The van der Waals surface area contributed by atoms with Crippen molar-refractivity contribution in [1.82, 2.24) is 5.32 Å². The quantitative estimate of drug-likeness (QED) is 0.774. The normalized spacial score (nSPS) is 12.2. The SMILES string of the molecule is CCNC(CN(C)c1ccc(CC)cc1)C(=O)O. The van der Waals surface area contributed by atoms with E-state index in [2.05, 4.69) is 24.4 Å². The Morgan fingerprint density at radius 2 is 1.94 bits per heavy atom. The highest BCUT2D eigenvalue weighted by Crippen LogP contribution is 2.14. The molecule has 0 aliphatic rings. The van der Waals surface area contributed by atoms with Gasteiger partial charge in [-0.2, -0.15) is 0 Å². The van der Waals surface area contributed by atoms with Crippen LogP contribution in [0.5, 0.6) is 0 Å². The molecule has 0 aliphatic heterocycles. The maximum absolute atomic E-state index is 11.1. The molecule has 1 rings (SSSR count). The Morgan fingerprint density at radius 3 is 2.39 bits per heavy atom. The number of hydrogen-bond acceptors (Lipinski definition) is 3. The number of aryl methyl sites for hydroxylation is 1. The van der Waals surface area contributed by atoms with E-state index in [4.69, 9.17) is 5.11 Å². The minimum Gasteiger partial charge on any atom is -0.480 e. The number of aliphatic carboxylic acids is 1. The zero-order valence-corrected chi connectivity index (χ0v) is 11.3. The summed E-state index contributed by atoms with van der Waals surface area (Å²) in [7, 11) is 1.91. The van der Waals surface area contributed by atoms with Gasteiger partial charge in [-0.1, -0.05) is 26.0 Å². The maximum atomic E-state index is 11.1. The third-order valence-electron chi connectivity index (χ3n) is 2.99. The average molecular weight is 250 g/mol. The molecular formula is C14H22N2O2. The summed E-state index contributed by atoms with van der Waals surface area (Å²) in [6.07, 6.45) is 1.01. The van der Waals surface area contributed by atoms with Gasteiger partial charge in [0.1, 0.15) is 6.04 Å². The lowest BCUT2D eigenvalue weighted by atomic mass is 10.1. The minimum atomic E-state index is -0.811. The van der Waals surface area contributed by atoms with Crippen molar-refractivity contribution in [3.05, 3.63) is 29.8 Å². The van der Waals surface area contributed by atoms with Gasteiger partial charge in [0.05, 0.1) is 0 Å². The van der Waals surface area contributed by atoms with Gasteiger partial charge in [0.25, 0.3) is 0 Å². The second-order valence-electron chi connectivity index (χ2n) is 4.35. The fourth-order valence-electron chi connectivity index (χ4n) is 1.84. The van der Waals surface area contributed by atoms with Crippen molar-refractivity contribution in [2.24, 2.45) is 0 Å². The smallest absolute Gasteiger partial charge is 0.322 e. The van der Waals surface area contributed by atoms with Gasteiger partial charge in [0, 0.05) is 19.3 Å². The van der Waals surface area contributed by atoms with Crippen LogP contribution in [-0.4, -0.2) is 37.3 Å². The Bertz CT molecular complexity index is 376. The highest BCUT2D eigenvalue weighted by Gasteiger charge is 2.18. The van der Waals surface area contributed by atoms with E-state index in [0.717, 1.165) is 12.1 Å². The lowest BCUT2D eigenvalue weighted by Gasteiger charge is -2.24. The summed E-state index contributed by atoms with van der Waals surface area (Å²) >= 11 is 0. The van der Waals surface area contributed by atoms with E-state index in [9.17, 15) is 4.79 Å². The van der Waals surface area contributed by atoms with E-state index in [1.54, 1.807) is 0 Å². The molecule has 0 aromatic heterocycles. The van der Waals surface area contributed by atoms with Gasteiger partial charge in [-0.15, -0.1) is 0 Å². The number of nitrogens with one attached hydrogen (secondary N) is 1. The number of benzene rings is 1. The molecule has 0 saturated carbocycles. The standard InChI is InChI=1S/C14H22N2O2/c1-4-11-6-8-12(9-7-11)16(3)10-13(14(17)18)15-5-2/h6-9,13,15H,4-5,10H2,1-3H3,(H,17,18). The van der Waals surface area contributed by atoms with Crippen LogP contribution in [0.25, 0.3) is 0 Å². The molecule has 1 unspecified atom stereocenters. The van der Waals surface area contributed by atoms with Crippen LogP contribution in [0, 0.1) is 0 Å². The first-order valence-electron chi connectivity index (χ1n) is 6.34. The summed E-state index contributed by atoms with van der Waals surface area (Å²) < 4.78 is 0. The molecule has 2 N–H and O–H groups in total. The number of carboxylic acid groups (broad SMARTS) is 1. The minimum absolute atomic E-state index is 0.453. The number of likely N-dealkylation sites (N-methyl/N-ethyl adjacent to an activating group) is 2. The van der Waals surface area contributed by atoms with Crippen molar-refractivity contribution in [3.8, 4) is 0 Å². The summed E-state index contributed by atoms with van der Waals surface area (Å²) in [5.41, 5.74) is 2.32. The van der Waals surface area contributed by atoms with Gasteiger partial charge < -0.3 is 15.3 Å². The van der Waals surface area contributed by atoms with Gasteiger partial charge in [-0.3, -0.25) is 4.79 Å². The highest BCUT2D eigenvalue weighted by atomic mass is 16.4. The Kier molecular flexibility index (Phi) is 5.65. The molecular weight excluding hydrogens is 228 g/mol. The summed E-state index contributed by atoms with van der Waals surface area (Å²) in [6.45, 7) is 5.13. The van der Waals surface area contributed by atoms with Gasteiger partial charge in [-0.05, 0) is 30.7 Å². The lowest BCUT2D eigenvalue weighted by molar-refractivity contribution is -0.139. The maximum Gasteiger partial charge on any atom is 0.322 e. The fraction of sp³-hybridized carbons (Fsp3) is 0.500. The van der Waals surface area contributed by atoms with Crippen molar-refractivity contribution in [1.29, 1.82) is 0 Å². The van der Waals surface area contributed by atoms with Crippen LogP contribution < -0.4 is 10.2 Å². The lowest BCUT2D eigenvalue weighted by Crippen LogP contribution is -2.45. The van der Waals surface area contributed by atoms with E-state index in [1.165, 1.54) is 5.56 Å². The monoisotopic (exact) mass is 250 g/mol. The predicted octanol–water partition coefficient (Wildman–Crippen LogP) is 1.75. The van der Waals surface area contributed by atoms with Crippen LogP contribution in [0.15, 0.2) is 24.3 Å². The Labute approximate surface area is 109 Å². The van der Waals surface area contributed by atoms with Crippen molar-refractivity contribution in [2.75, 3.05) is 25.0 Å². The van der Waals surface area contributed by atoms with E-state index >= 15 is 0 Å². The first-order chi connectivity index (χ1) is 8.58. The number of rotatable bonds is 7.